The first-order valence-corrected chi connectivity index (χ1v) is 7.03. The Morgan fingerprint density at radius 2 is 1.94 bits per heavy atom. The second-order valence-corrected chi connectivity index (χ2v) is 5.39. The largest absolute Gasteiger partial charge is 0.335 e. The molecule has 1 saturated heterocycles. The number of nitrogens with one attached hydrogen (secondary N) is 3. The Labute approximate surface area is 116 Å². The van der Waals surface area contributed by atoms with E-state index in [1.54, 1.807) is 0 Å². The van der Waals surface area contributed by atoms with Crippen molar-refractivity contribution in [2.75, 3.05) is 13.1 Å². The molecule has 0 atom stereocenters. The van der Waals surface area contributed by atoms with Crippen molar-refractivity contribution in [2.24, 2.45) is 0 Å². The molecule has 1 aromatic rings. The number of carbonyl (C=O) groups excluding carboxylic acids is 1. The molecule has 0 radical (unpaired) electrons. The fourth-order valence-electron chi connectivity index (χ4n) is 1.99. The molecule has 3 N–H and O–H groups in total. The van der Waals surface area contributed by atoms with Gasteiger partial charge in [0.1, 0.15) is 0 Å². The second kappa shape index (κ2) is 6.75. The summed E-state index contributed by atoms with van der Waals surface area (Å²) < 4.78 is 1.05. The SMILES string of the molecule is O=C(NCc1ccc(Br)cc1)NC1CCNCC1. The van der Waals surface area contributed by atoms with Crippen molar-refractivity contribution in [1.82, 2.24) is 16.0 Å². The number of hydrogen-bond acceptors (Lipinski definition) is 2. The fraction of sp³-hybridized carbons (Fsp3) is 0.462. The molecule has 2 rings (SSSR count). The molecule has 0 saturated carbocycles. The zero-order chi connectivity index (χ0) is 12.8. The van der Waals surface area contributed by atoms with E-state index >= 15 is 0 Å². The maximum Gasteiger partial charge on any atom is 0.315 e. The van der Waals surface area contributed by atoms with Crippen LogP contribution in [0.25, 0.3) is 0 Å². The van der Waals surface area contributed by atoms with Crippen molar-refractivity contribution in [3.63, 3.8) is 0 Å². The van der Waals surface area contributed by atoms with Gasteiger partial charge >= 0.3 is 6.03 Å². The summed E-state index contributed by atoms with van der Waals surface area (Å²) in [7, 11) is 0. The molecule has 1 aliphatic rings. The van der Waals surface area contributed by atoms with Crippen LogP contribution in [-0.2, 0) is 6.54 Å². The number of amides is 2. The van der Waals surface area contributed by atoms with Gasteiger partial charge in [-0.25, -0.2) is 4.79 Å². The molecule has 1 aromatic carbocycles. The van der Waals surface area contributed by atoms with Crippen LogP contribution < -0.4 is 16.0 Å². The molecule has 0 aromatic heterocycles. The van der Waals surface area contributed by atoms with Gasteiger partial charge in [0.2, 0.25) is 0 Å². The van der Waals surface area contributed by atoms with E-state index in [0.717, 1.165) is 36.0 Å². The number of piperidine rings is 1. The molecule has 5 heteroatoms. The lowest BCUT2D eigenvalue weighted by Gasteiger charge is -2.23. The van der Waals surface area contributed by atoms with Gasteiger partial charge < -0.3 is 16.0 Å². The van der Waals surface area contributed by atoms with E-state index in [2.05, 4.69) is 31.9 Å². The van der Waals surface area contributed by atoms with E-state index in [9.17, 15) is 4.79 Å². The Kier molecular flexibility index (Phi) is 5.01. The van der Waals surface area contributed by atoms with E-state index in [1.165, 1.54) is 0 Å². The molecule has 0 unspecified atom stereocenters. The second-order valence-electron chi connectivity index (χ2n) is 4.48. The van der Waals surface area contributed by atoms with Gasteiger partial charge in [0.15, 0.2) is 0 Å². The third-order valence-corrected chi connectivity index (χ3v) is 3.57. The van der Waals surface area contributed by atoms with Crippen LogP contribution in [0.2, 0.25) is 0 Å². The van der Waals surface area contributed by atoms with Gasteiger partial charge in [0, 0.05) is 17.1 Å². The summed E-state index contributed by atoms with van der Waals surface area (Å²) in [6, 6.07) is 8.16. The Balaban J connectivity index is 1.72. The average Bonchev–Trinajstić information content (AvgIpc) is 2.39. The topological polar surface area (TPSA) is 53.2 Å². The quantitative estimate of drug-likeness (QED) is 0.799. The van der Waals surface area contributed by atoms with E-state index in [4.69, 9.17) is 0 Å². The minimum Gasteiger partial charge on any atom is -0.335 e. The van der Waals surface area contributed by atoms with Gasteiger partial charge in [0.25, 0.3) is 0 Å². The van der Waals surface area contributed by atoms with Crippen LogP contribution in [0.15, 0.2) is 28.7 Å². The smallest absolute Gasteiger partial charge is 0.315 e. The number of hydrogen-bond donors (Lipinski definition) is 3. The van der Waals surface area contributed by atoms with Crippen molar-refractivity contribution < 1.29 is 4.79 Å². The molecular weight excluding hydrogens is 294 g/mol. The highest BCUT2D eigenvalue weighted by Gasteiger charge is 2.14. The summed E-state index contributed by atoms with van der Waals surface area (Å²) in [6.07, 6.45) is 2.01. The summed E-state index contributed by atoms with van der Waals surface area (Å²) in [5.41, 5.74) is 1.10. The van der Waals surface area contributed by atoms with E-state index < -0.39 is 0 Å². The van der Waals surface area contributed by atoms with Crippen LogP contribution in [-0.4, -0.2) is 25.2 Å². The van der Waals surface area contributed by atoms with E-state index in [-0.39, 0.29) is 6.03 Å². The molecule has 0 spiro atoms. The lowest BCUT2D eigenvalue weighted by Crippen LogP contribution is -2.46. The van der Waals surface area contributed by atoms with Crippen LogP contribution in [0.1, 0.15) is 18.4 Å². The summed E-state index contributed by atoms with van der Waals surface area (Å²) in [5.74, 6) is 0. The number of carbonyl (C=O) groups is 1. The van der Waals surface area contributed by atoms with Crippen molar-refractivity contribution >= 4 is 22.0 Å². The van der Waals surface area contributed by atoms with Crippen LogP contribution in [0.4, 0.5) is 4.79 Å². The lowest BCUT2D eigenvalue weighted by atomic mass is 10.1. The molecule has 4 nitrogen and oxygen atoms in total. The van der Waals surface area contributed by atoms with Gasteiger partial charge in [-0.3, -0.25) is 0 Å². The number of halogens is 1. The maximum absolute atomic E-state index is 11.7. The molecule has 18 heavy (non-hydrogen) atoms. The first-order chi connectivity index (χ1) is 8.74. The lowest BCUT2D eigenvalue weighted by molar-refractivity contribution is 0.233. The predicted octanol–water partition coefficient (Wildman–Crippen LogP) is 2.00. The van der Waals surface area contributed by atoms with Gasteiger partial charge in [-0.05, 0) is 43.6 Å². The zero-order valence-electron chi connectivity index (χ0n) is 10.2. The first-order valence-electron chi connectivity index (χ1n) is 6.23. The molecule has 98 valence electrons. The van der Waals surface area contributed by atoms with Crippen molar-refractivity contribution in [3.05, 3.63) is 34.3 Å². The molecular formula is C13H18BrN3O. The molecule has 0 bridgehead atoms. The Morgan fingerprint density at radius 3 is 2.61 bits per heavy atom. The van der Waals surface area contributed by atoms with E-state index in [0.29, 0.717) is 12.6 Å². The first kappa shape index (κ1) is 13.4. The number of rotatable bonds is 3. The van der Waals surface area contributed by atoms with Crippen molar-refractivity contribution in [1.29, 1.82) is 0 Å². The molecule has 0 aliphatic carbocycles. The minimum atomic E-state index is -0.0789. The average molecular weight is 312 g/mol. The highest BCUT2D eigenvalue weighted by Crippen LogP contribution is 2.10. The number of benzene rings is 1. The molecule has 2 amide bonds. The summed E-state index contributed by atoms with van der Waals surface area (Å²) in [6.45, 7) is 2.53. The number of urea groups is 1. The Bertz CT molecular complexity index is 388. The predicted molar refractivity (Wildman–Crippen MR) is 75.4 cm³/mol. The summed E-state index contributed by atoms with van der Waals surface area (Å²) in [4.78, 5) is 11.7. The van der Waals surface area contributed by atoms with E-state index in [1.807, 2.05) is 24.3 Å². The van der Waals surface area contributed by atoms with Gasteiger partial charge in [-0.15, -0.1) is 0 Å². The standard InChI is InChI=1S/C13H18BrN3O/c14-11-3-1-10(2-4-11)9-16-13(18)17-12-5-7-15-8-6-12/h1-4,12,15H,5-9H2,(H2,16,17,18). The maximum atomic E-state index is 11.7. The Hall–Kier alpha value is -1.07. The van der Waals surface area contributed by atoms with Crippen LogP contribution in [0.5, 0.6) is 0 Å². The third kappa shape index (κ3) is 4.31. The van der Waals surface area contributed by atoms with Crippen molar-refractivity contribution in [2.45, 2.75) is 25.4 Å². The molecule has 1 fully saturated rings. The minimum absolute atomic E-state index is 0.0789. The third-order valence-electron chi connectivity index (χ3n) is 3.04. The summed E-state index contributed by atoms with van der Waals surface area (Å²) >= 11 is 3.39. The normalized spacial score (nSPS) is 16.3. The summed E-state index contributed by atoms with van der Waals surface area (Å²) in [5, 5.41) is 9.16. The van der Waals surface area contributed by atoms with Crippen LogP contribution in [0, 0.1) is 0 Å². The Morgan fingerprint density at radius 1 is 1.28 bits per heavy atom. The molecule has 1 heterocycles. The molecule has 1 aliphatic heterocycles. The van der Waals surface area contributed by atoms with Crippen molar-refractivity contribution in [3.8, 4) is 0 Å². The van der Waals surface area contributed by atoms with Gasteiger partial charge in [-0.2, -0.15) is 0 Å². The van der Waals surface area contributed by atoms with Gasteiger partial charge in [0.05, 0.1) is 0 Å². The van der Waals surface area contributed by atoms with Gasteiger partial charge in [-0.1, -0.05) is 28.1 Å². The van der Waals surface area contributed by atoms with Crippen LogP contribution >= 0.6 is 15.9 Å². The zero-order valence-corrected chi connectivity index (χ0v) is 11.8. The highest BCUT2D eigenvalue weighted by atomic mass is 79.9. The fourth-order valence-corrected chi connectivity index (χ4v) is 2.25. The highest BCUT2D eigenvalue weighted by molar-refractivity contribution is 9.10. The monoisotopic (exact) mass is 311 g/mol. The van der Waals surface area contributed by atoms with Crippen LogP contribution in [0.3, 0.4) is 0 Å².